The molecule has 0 aliphatic carbocycles. The van der Waals surface area contributed by atoms with Crippen LogP contribution in [0.2, 0.25) is 0 Å². The van der Waals surface area contributed by atoms with Crippen LogP contribution in [-0.4, -0.2) is 20.7 Å². The van der Waals surface area contributed by atoms with Crippen molar-refractivity contribution in [2.75, 3.05) is 5.32 Å². The number of aromatic nitrogens is 3. The van der Waals surface area contributed by atoms with Gasteiger partial charge in [-0.2, -0.15) is 9.78 Å². The van der Waals surface area contributed by atoms with E-state index in [1.807, 2.05) is 67.6 Å². The third kappa shape index (κ3) is 3.78. The Morgan fingerprint density at radius 3 is 2.57 bits per heavy atom. The van der Waals surface area contributed by atoms with E-state index >= 15 is 0 Å². The van der Waals surface area contributed by atoms with Crippen molar-refractivity contribution in [2.45, 2.75) is 26.7 Å². The molecule has 1 N–H and O–H groups in total. The summed E-state index contributed by atoms with van der Waals surface area (Å²) in [4.78, 5) is 17.2. The number of hydrogen-bond acceptors (Lipinski definition) is 3. The maximum absolute atomic E-state index is 12.5. The Kier molecular flexibility index (Phi) is 4.89. The highest BCUT2D eigenvalue weighted by atomic mass is 16.1. The summed E-state index contributed by atoms with van der Waals surface area (Å²) in [7, 11) is 0. The fraction of sp³-hybridized carbons (Fsp3) is 0.174. The van der Waals surface area contributed by atoms with Crippen molar-refractivity contribution in [1.29, 1.82) is 0 Å². The van der Waals surface area contributed by atoms with Crippen LogP contribution in [0.5, 0.6) is 0 Å². The molecule has 28 heavy (non-hydrogen) atoms. The van der Waals surface area contributed by atoms with Crippen molar-refractivity contribution in [1.82, 2.24) is 14.8 Å². The molecule has 5 nitrogen and oxygen atoms in total. The molecule has 5 heteroatoms. The van der Waals surface area contributed by atoms with Gasteiger partial charge in [-0.05, 0) is 43.5 Å². The minimum absolute atomic E-state index is 0.0393. The molecule has 0 saturated carbocycles. The third-order valence-corrected chi connectivity index (χ3v) is 4.71. The Balaban J connectivity index is 1.58. The maximum atomic E-state index is 12.5. The first-order chi connectivity index (χ1) is 13.6. The van der Waals surface area contributed by atoms with Gasteiger partial charge in [0.15, 0.2) is 5.82 Å². The van der Waals surface area contributed by atoms with Gasteiger partial charge in [-0.3, -0.25) is 4.79 Å². The monoisotopic (exact) mass is 370 g/mol. The molecule has 0 fully saturated rings. The molecule has 0 aliphatic rings. The van der Waals surface area contributed by atoms with E-state index in [0.29, 0.717) is 24.5 Å². The van der Waals surface area contributed by atoms with Gasteiger partial charge in [0.25, 0.3) is 0 Å². The summed E-state index contributed by atoms with van der Waals surface area (Å²) in [5.41, 5.74) is 4.00. The fourth-order valence-electron chi connectivity index (χ4n) is 3.31. The first-order valence-corrected chi connectivity index (χ1v) is 9.37. The number of carbonyl (C=O) groups excluding carboxylic acids is 1. The van der Waals surface area contributed by atoms with E-state index in [9.17, 15) is 4.79 Å². The van der Waals surface area contributed by atoms with E-state index < -0.39 is 0 Å². The summed E-state index contributed by atoms with van der Waals surface area (Å²) in [6, 6.07) is 21.9. The van der Waals surface area contributed by atoms with Crippen molar-refractivity contribution >= 4 is 22.6 Å². The van der Waals surface area contributed by atoms with Gasteiger partial charge in [0, 0.05) is 17.9 Å². The van der Waals surface area contributed by atoms with Gasteiger partial charge < -0.3 is 5.32 Å². The lowest BCUT2D eigenvalue weighted by Gasteiger charge is -2.10. The van der Waals surface area contributed by atoms with Crippen molar-refractivity contribution in [3.05, 3.63) is 83.6 Å². The molecule has 140 valence electrons. The molecule has 2 aromatic heterocycles. The second-order valence-electron chi connectivity index (χ2n) is 6.93. The Morgan fingerprint density at radius 2 is 1.75 bits per heavy atom. The molecule has 4 aromatic rings. The second-order valence-corrected chi connectivity index (χ2v) is 6.93. The second kappa shape index (κ2) is 7.64. The molecule has 0 saturated heterocycles. The van der Waals surface area contributed by atoms with Crippen molar-refractivity contribution in [3.63, 3.8) is 0 Å². The summed E-state index contributed by atoms with van der Waals surface area (Å²) < 4.78 is 1.70. The highest BCUT2D eigenvalue weighted by Gasteiger charge is 2.13. The smallest absolute Gasteiger partial charge is 0.225 e. The minimum Gasteiger partial charge on any atom is -0.311 e. The van der Waals surface area contributed by atoms with Crippen molar-refractivity contribution < 1.29 is 4.79 Å². The number of para-hydroxylation sites is 1. The Labute approximate surface area is 164 Å². The standard InChI is InChI=1S/C23H22N4O/c1-16-14-21(24-20-11-7-6-10-19(16)20)27-22(15-17(2)26-27)25-23(28)13-12-18-8-4-3-5-9-18/h3-11,14-15H,12-13H2,1-2H3,(H,25,28). The SMILES string of the molecule is Cc1cc(NC(=O)CCc2ccccc2)n(-c2cc(C)c3ccccc3n2)n1. The van der Waals surface area contributed by atoms with Gasteiger partial charge in [-0.15, -0.1) is 0 Å². The predicted molar refractivity (Wildman–Crippen MR) is 112 cm³/mol. The molecule has 0 atom stereocenters. The van der Waals surface area contributed by atoms with E-state index in [4.69, 9.17) is 4.98 Å². The minimum atomic E-state index is -0.0393. The first-order valence-electron chi connectivity index (χ1n) is 9.37. The summed E-state index contributed by atoms with van der Waals surface area (Å²) in [5.74, 6) is 1.29. The number of rotatable bonds is 5. The summed E-state index contributed by atoms with van der Waals surface area (Å²) in [6.07, 6.45) is 1.12. The van der Waals surface area contributed by atoms with Crippen LogP contribution in [0.4, 0.5) is 5.82 Å². The topological polar surface area (TPSA) is 59.8 Å². The van der Waals surface area contributed by atoms with Gasteiger partial charge in [-0.25, -0.2) is 4.98 Å². The number of anilines is 1. The summed E-state index contributed by atoms with van der Waals surface area (Å²) >= 11 is 0. The lowest BCUT2D eigenvalue weighted by molar-refractivity contribution is -0.116. The van der Waals surface area contributed by atoms with Gasteiger partial charge in [0.05, 0.1) is 11.2 Å². The third-order valence-electron chi connectivity index (χ3n) is 4.71. The molecule has 0 unspecified atom stereocenters. The molecule has 4 rings (SSSR count). The zero-order valence-electron chi connectivity index (χ0n) is 16.0. The number of benzene rings is 2. The molecule has 2 aromatic carbocycles. The van der Waals surface area contributed by atoms with Crippen LogP contribution >= 0.6 is 0 Å². The van der Waals surface area contributed by atoms with Gasteiger partial charge in [0.1, 0.15) is 5.82 Å². The van der Waals surface area contributed by atoms with Crippen LogP contribution in [0, 0.1) is 13.8 Å². The molecule has 0 spiro atoms. The molecular weight excluding hydrogens is 348 g/mol. The maximum Gasteiger partial charge on any atom is 0.225 e. The normalized spacial score (nSPS) is 10.9. The molecule has 0 radical (unpaired) electrons. The number of hydrogen-bond donors (Lipinski definition) is 1. The van der Waals surface area contributed by atoms with Gasteiger partial charge in [-0.1, -0.05) is 48.5 Å². The zero-order valence-corrected chi connectivity index (χ0v) is 16.0. The number of carbonyl (C=O) groups is 1. The van der Waals surface area contributed by atoms with Crippen LogP contribution in [0.15, 0.2) is 66.7 Å². The summed E-state index contributed by atoms with van der Waals surface area (Å²) in [6.45, 7) is 3.96. The van der Waals surface area contributed by atoms with E-state index in [1.165, 1.54) is 0 Å². The number of nitrogens with zero attached hydrogens (tertiary/aromatic N) is 3. The number of fused-ring (bicyclic) bond motifs is 1. The van der Waals surface area contributed by atoms with Crippen molar-refractivity contribution in [2.24, 2.45) is 0 Å². The van der Waals surface area contributed by atoms with Crippen LogP contribution in [0.25, 0.3) is 16.7 Å². The van der Waals surface area contributed by atoms with Crippen LogP contribution in [-0.2, 0) is 11.2 Å². The number of aryl methyl sites for hydroxylation is 3. The number of pyridine rings is 1. The molecule has 0 bridgehead atoms. The van der Waals surface area contributed by atoms with Gasteiger partial charge in [0.2, 0.25) is 5.91 Å². The Hall–Kier alpha value is -3.47. The number of amides is 1. The fourth-order valence-corrected chi connectivity index (χ4v) is 3.31. The zero-order chi connectivity index (χ0) is 19.5. The lowest BCUT2D eigenvalue weighted by atomic mass is 10.1. The predicted octanol–water partition coefficient (Wildman–Crippen LogP) is 4.61. The largest absolute Gasteiger partial charge is 0.311 e. The molecule has 1 amide bonds. The average Bonchev–Trinajstić information content (AvgIpc) is 3.07. The Bertz CT molecular complexity index is 1130. The van der Waals surface area contributed by atoms with E-state index in [1.54, 1.807) is 4.68 Å². The van der Waals surface area contributed by atoms with E-state index in [2.05, 4.69) is 23.4 Å². The quantitative estimate of drug-likeness (QED) is 0.558. The number of nitrogens with one attached hydrogen (secondary N) is 1. The highest BCUT2D eigenvalue weighted by Crippen LogP contribution is 2.22. The van der Waals surface area contributed by atoms with Crippen LogP contribution < -0.4 is 5.32 Å². The average molecular weight is 370 g/mol. The van der Waals surface area contributed by atoms with Gasteiger partial charge >= 0.3 is 0 Å². The summed E-state index contributed by atoms with van der Waals surface area (Å²) in [5, 5.41) is 8.64. The van der Waals surface area contributed by atoms with Crippen LogP contribution in [0.1, 0.15) is 23.2 Å². The lowest BCUT2D eigenvalue weighted by Crippen LogP contribution is -2.16. The molecular formula is C23H22N4O. The van der Waals surface area contributed by atoms with E-state index in [0.717, 1.165) is 27.7 Å². The molecule has 2 heterocycles. The van der Waals surface area contributed by atoms with Crippen LogP contribution in [0.3, 0.4) is 0 Å². The van der Waals surface area contributed by atoms with E-state index in [-0.39, 0.29) is 5.91 Å². The molecule has 0 aliphatic heterocycles. The van der Waals surface area contributed by atoms with Crippen molar-refractivity contribution in [3.8, 4) is 5.82 Å². The first kappa shape index (κ1) is 17.9. The Morgan fingerprint density at radius 1 is 1.00 bits per heavy atom. The highest BCUT2D eigenvalue weighted by molar-refractivity contribution is 5.90.